The van der Waals surface area contributed by atoms with Crippen LogP contribution in [0.1, 0.15) is 50.0 Å². The Balaban J connectivity index is 2.19. The molecule has 0 amide bonds. The lowest BCUT2D eigenvalue weighted by Crippen LogP contribution is -2.27. The molecule has 1 fully saturated rings. The predicted molar refractivity (Wildman–Crippen MR) is 65.5 cm³/mol. The predicted octanol–water partition coefficient (Wildman–Crippen LogP) is 4.41. The minimum absolute atomic E-state index is 0.0345. The minimum atomic E-state index is -0.384. The van der Waals surface area contributed by atoms with Gasteiger partial charge in [-0.2, -0.15) is 0 Å². The maximum absolute atomic E-state index is 10.4. The number of halogens is 1. The summed E-state index contributed by atoms with van der Waals surface area (Å²) in [4.78, 5) is 0.945. The third kappa shape index (κ3) is 2.22. The molecule has 0 radical (unpaired) electrons. The van der Waals surface area contributed by atoms with E-state index in [4.69, 9.17) is 11.6 Å². The van der Waals surface area contributed by atoms with Crippen molar-refractivity contribution in [1.29, 1.82) is 0 Å². The molecule has 1 nitrogen and oxygen atoms in total. The van der Waals surface area contributed by atoms with Crippen molar-refractivity contribution in [1.82, 2.24) is 0 Å². The van der Waals surface area contributed by atoms with Crippen LogP contribution in [0.2, 0.25) is 5.02 Å². The molecule has 0 aliphatic heterocycles. The molecule has 84 valence electrons. The van der Waals surface area contributed by atoms with Crippen LogP contribution in [-0.4, -0.2) is 5.11 Å². The zero-order chi connectivity index (χ0) is 10.9. The molecular weight excluding hydrogens is 228 g/mol. The van der Waals surface area contributed by atoms with Crippen molar-refractivity contribution < 1.29 is 5.11 Å². The Bertz CT molecular complexity index is 328. The SMILES string of the molecule is CC1(C(O)c2sccc2Cl)CCCCC1. The first-order valence-corrected chi connectivity index (χ1v) is 6.80. The maximum Gasteiger partial charge on any atom is 0.0950 e. The van der Waals surface area contributed by atoms with Crippen LogP contribution in [0.25, 0.3) is 0 Å². The van der Waals surface area contributed by atoms with Crippen LogP contribution in [0.4, 0.5) is 0 Å². The lowest BCUT2D eigenvalue weighted by molar-refractivity contribution is 0.0108. The molecule has 1 aliphatic carbocycles. The van der Waals surface area contributed by atoms with E-state index in [1.807, 2.05) is 11.4 Å². The minimum Gasteiger partial charge on any atom is -0.387 e. The van der Waals surface area contributed by atoms with Gasteiger partial charge in [0.05, 0.1) is 16.0 Å². The summed E-state index contributed by atoms with van der Waals surface area (Å²) < 4.78 is 0. The Kier molecular flexibility index (Phi) is 3.39. The molecule has 1 heterocycles. The fraction of sp³-hybridized carbons (Fsp3) is 0.667. The van der Waals surface area contributed by atoms with Gasteiger partial charge in [-0.25, -0.2) is 0 Å². The van der Waals surface area contributed by atoms with Gasteiger partial charge in [0, 0.05) is 0 Å². The van der Waals surface area contributed by atoms with Crippen LogP contribution in [-0.2, 0) is 0 Å². The van der Waals surface area contributed by atoms with Crippen LogP contribution in [0.15, 0.2) is 11.4 Å². The van der Waals surface area contributed by atoms with E-state index in [9.17, 15) is 5.11 Å². The van der Waals surface area contributed by atoms with E-state index in [1.54, 1.807) is 11.3 Å². The topological polar surface area (TPSA) is 20.2 Å². The third-order valence-electron chi connectivity index (χ3n) is 3.55. The lowest BCUT2D eigenvalue weighted by Gasteiger charge is -2.37. The molecule has 0 aromatic carbocycles. The zero-order valence-electron chi connectivity index (χ0n) is 9.00. The van der Waals surface area contributed by atoms with Gasteiger partial charge in [-0.1, -0.05) is 37.8 Å². The van der Waals surface area contributed by atoms with Crippen molar-refractivity contribution >= 4 is 22.9 Å². The molecule has 1 unspecified atom stereocenters. The Labute approximate surface area is 100 Å². The molecule has 3 heteroatoms. The smallest absolute Gasteiger partial charge is 0.0950 e. The molecule has 15 heavy (non-hydrogen) atoms. The quantitative estimate of drug-likeness (QED) is 0.817. The Morgan fingerprint density at radius 2 is 2.07 bits per heavy atom. The summed E-state index contributed by atoms with van der Waals surface area (Å²) in [7, 11) is 0. The molecular formula is C12H17ClOS. The molecule has 0 bridgehead atoms. The number of aliphatic hydroxyl groups is 1. The normalized spacial score (nSPS) is 22.6. The van der Waals surface area contributed by atoms with Gasteiger partial charge in [-0.15, -0.1) is 11.3 Å². The molecule has 1 aromatic rings. The van der Waals surface area contributed by atoms with Gasteiger partial charge in [-0.3, -0.25) is 0 Å². The van der Waals surface area contributed by atoms with E-state index in [0.29, 0.717) is 0 Å². The number of hydrogen-bond donors (Lipinski definition) is 1. The van der Waals surface area contributed by atoms with Crippen LogP contribution in [0.5, 0.6) is 0 Å². The average Bonchev–Trinajstić information content (AvgIpc) is 2.64. The Hall–Kier alpha value is -0.0500. The fourth-order valence-electron chi connectivity index (χ4n) is 2.45. The van der Waals surface area contributed by atoms with Crippen molar-refractivity contribution in [2.24, 2.45) is 5.41 Å². The summed E-state index contributed by atoms with van der Waals surface area (Å²) in [6, 6.07) is 1.87. The van der Waals surface area contributed by atoms with Crippen LogP contribution in [0, 0.1) is 5.41 Å². The highest BCUT2D eigenvalue weighted by Crippen LogP contribution is 2.48. The highest BCUT2D eigenvalue weighted by Gasteiger charge is 2.36. The summed E-state index contributed by atoms with van der Waals surface area (Å²) in [6.45, 7) is 2.19. The van der Waals surface area contributed by atoms with Gasteiger partial charge in [0.15, 0.2) is 0 Å². The van der Waals surface area contributed by atoms with Crippen LogP contribution in [0.3, 0.4) is 0 Å². The van der Waals surface area contributed by atoms with Crippen LogP contribution >= 0.6 is 22.9 Å². The number of rotatable bonds is 2. The molecule has 1 aromatic heterocycles. The monoisotopic (exact) mass is 244 g/mol. The number of aliphatic hydroxyl groups excluding tert-OH is 1. The zero-order valence-corrected chi connectivity index (χ0v) is 10.6. The second kappa shape index (κ2) is 4.44. The van der Waals surface area contributed by atoms with Gasteiger partial charge in [-0.05, 0) is 29.7 Å². The Morgan fingerprint density at radius 1 is 1.40 bits per heavy atom. The fourth-order valence-corrected chi connectivity index (χ4v) is 3.77. The van der Waals surface area contributed by atoms with E-state index in [0.717, 1.165) is 22.7 Å². The lowest BCUT2D eigenvalue weighted by atomic mass is 9.71. The van der Waals surface area contributed by atoms with Crippen molar-refractivity contribution in [3.8, 4) is 0 Å². The molecule has 1 N–H and O–H groups in total. The second-order valence-electron chi connectivity index (χ2n) is 4.75. The first-order valence-electron chi connectivity index (χ1n) is 5.54. The summed E-state index contributed by atoms with van der Waals surface area (Å²) >= 11 is 7.63. The summed E-state index contributed by atoms with van der Waals surface area (Å²) in [6.07, 6.45) is 5.61. The molecule has 1 atom stereocenters. The first kappa shape index (κ1) is 11.4. The summed E-state index contributed by atoms with van der Waals surface area (Å²) in [5.41, 5.74) is 0.0345. The van der Waals surface area contributed by atoms with E-state index < -0.39 is 0 Å². The van der Waals surface area contributed by atoms with Gasteiger partial charge >= 0.3 is 0 Å². The highest BCUT2D eigenvalue weighted by atomic mass is 35.5. The largest absolute Gasteiger partial charge is 0.387 e. The molecule has 0 spiro atoms. The van der Waals surface area contributed by atoms with Crippen molar-refractivity contribution in [3.63, 3.8) is 0 Å². The van der Waals surface area contributed by atoms with E-state index >= 15 is 0 Å². The van der Waals surface area contributed by atoms with Crippen molar-refractivity contribution in [2.45, 2.75) is 45.1 Å². The van der Waals surface area contributed by atoms with Crippen molar-refractivity contribution in [2.75, 3.05) is 0 Å². The average molecular weight is 245 g/mol. The maximum atomic E-state index is 10.4. The Morgan fingerprint density at radius 3 is 2.60 bits per heavy atom. The standard InChI is InChI=1S/C12H17ClOS/c1-12(6-3-2-4-7-12)11(14)10-9(13)5-8-15-10/h5,8,11,14H,2-4,6-7H2,1H3. The van der Waals surface area contributed by atoms with Crippen molar-refractivity contribution in [3.05, 3.63) is 21.3 Å². The number of thiophene rings is 1. The molecule has 0 saturated heterocycles. The third-order valence-corrected chi connectivity index (χ3v) is 4.96. The van der Waals surface area contributed by atoms with Gasteiger partial charge in [0.2, 0.25) is 0 Å². The molecule has 1 saturated carbocycles. The van der Waals surface area contributed by atoms with E-state index in [2.05, 4.69) is 6.92 Å². The van der Waals surface area contributed by atoms with E-state index in [1.165, 1.54) is 19.3 Å². The number of hydrogen-bond acceptors (Lipinski definition) is 2. The van der Waals surface area contributed by atoms with Gasteiger partial charge < -0.3 is 5.11 Å². The van der Waals surface area contributed by atoms with Gasteiger partial charge in [0.1, 0.15) is 0 Å². The summed E-state index contributed by atoms with van der Waals surface area (Å²) in [5.74, 6) is 0. The highest BCUT2D eigenvalue weighted by molar-refractivity contribution is 7.10. The van der Waals surface area contributed by atoms with Gasteiger partial charge in [0.25, 0.3) is 0 Å². The van der Waals surface area contributed by atoms with E-state index in [-0.39, 0.29) is 11.5 Å². The second-order valence-corrected chi connectivity index (χ2v) is 6.10. The van der Waals surface area contributed by atoms with Crippen LogP contribution < -0.4 is 0 Å². The molecule has 2 rings (SSSR count). The summed E-state index contributed by atoms with van der Waals surface area (Å²) in [5, 5.41) is 13.1. The first-order chi connectivity index (χ1) is 7.13. The molecule has 1 aliphatic rings.